The molecule has 128 valence electrons. The standard InChI is InChI=1S/C17H15BrN4O3/c18-12-6-5-11-9-15(21-14(11)10-12)17(23)20-8-7-19-13-3-1-2-4-16(13)22(24)25/h1-6,9-10,19,21H,7-8H2,(H,20,23). The first-order chi connectivity index (χ1) is 12.0. The molecule has 0 saturated carbocycles. The van der Waals surface area contributed by atoms with E-state index in [1.54, 1.807) is 24.3 Å². The van der Waals surface area contributed by atoms with Gasteiger partial charge in [0.2, 0.25) is 0 Å². The Morgan fingerprint density at radius 1 is 1.16 bits per heavy atom. The number of amides is 1. The number of anilines is 1. The summed E-state index contributed by atoms with van der Waals surface area (Å²) in [5, 5.41) is 17.6. The average molecular weight is 403 g/mol. The second kappa shape index (κ2) is 7.35. The number of nitro benzene ring substituents is 1. The van der Waals surface area contributed by atoms with Crippen molar-refractivity contribution in [3.8, 4) is 0 Å². The molecular weight excluding hydrogens is 388 g/mol. The minimum atomic E-state index is -0.441. The van der Waals surface area contributed by atoms with Gasteiger partial charge in [-0.1, -0.05) is 34.1 Å². The summed E-state index contributed by atoms with van der Waals surface area (Å²) in [6.07, 6.45) is 0. The molecule has 3 rings (SSSR count). The predicted molar refractivity (Wildman–Crippen MR) is 99.9 cm³/mol. The molecule has 0 bridgehead atoms. The molecule has 1 amide bonds. The van der Waals surface area contributed by atoms with Crippen LogP contribution < -0.4 is 10.6 Å². The lowest BCUT2D eigenvalue weighted by Gasteiger charge is -2.07. The molecule has 1 aromatic heterocycles. The Kier molecular flexibility index (Phi) is 4.99. The zero-order valence-corrected chi connectivity index (χ0v) is 14.7. The number of nitrogens with one attached hydrogen (secondary N) is 3. The van der Waals surface area contributed by atoms with Crippen molar-refractivity contribution in [2.75, 3.05) is 18.4 Å². The fourth-order valence-electron chi connectivity index (χ4n) is 2.47. The molecule has 0 aliphatic carbocycles. The van der Waals surface area contributed by atoms with Crippen LogP contribution in [-0.2, 0) is 0 Å². The first-order valence-corrected chi connectivity index (χ1v) is 8.37. The van der Waals surface area contributed by atoms with Crippen LogP contribution in [0.2, 0.25) is 0 Å². The normalized spacial score (nSPS) is 10.6. The lowest BCUT2D eigenvalue weighted by atomic mass is 10.2. The number of rotatable bonds is 6. The van der Waals surface area contributed by atoms with Gasteiger partial charge in [0.25, 0.3) is 11.6 Å². The predicted octanol–water partition coefficient (Wildman–Crippen LogP) is 3.68. The Morgan fingerprint density at radius 2 is 1.96 bits per heavy atom. The lowest BCUT2D eigenvalue weighted by molar-refractivity contribution is -0.384. The number of fused-ring (bicyclic) bond motifs is 1. The van der Waals surface area contributed by atoms with Crippen LogP contribution in [0.25, 0.3) is 10.9 Å². The van der Waals surface area contributed by atoms with Gasteiger partial charge in [0.05, 0.1) is 4.92 Å². The van der Waals surface area contributed by atoms with E-state index < -0.39 is 4.92 Å². The number of aromatic nitrogens is 1. The quantitative estimate of drug-likeness (QED) is 0.332. The summed E-state index contributed by atoms with van der Waals surface area (Å²) in [5.41, 5.74) is 1.78. The molecule has 0 aliphatic rings. The highest BCUT2D eigenvalue weighted by Crippen LogP contribution is 2.23. The minimum absolute atomic E-state index is 0.00928. The SMILES string of the molecule is O=C(NCCNc1ccccc1[N+](=O)[O-])c1cc2ccc(Br)cc2[nH]1. The molecule has 0 aliphatic heterocycles. The molecule has 8 heteroatoms. The van der Waals surface area contributed by atoms with E-state index in [1.807, 2.05) is 18.2 Å². The van der Waals surface area contributed by atoms with Crippen molar-refractivity contribution in [2.24, 2.45) is 0 Å². The number of nitro groups is 1. The van der Waals surface area contributed by atoms with E-state index in [0.29, 0.717) is 24.5 Å². The Hall–Kier alpha value is -2.87. The molecule has 25 heavy (non-hydrogen) atoms. The number of carbonyl (C=O) groups is 1. The van der Waals surface area contributed by atoms with Gasteiger partial charge in [-0.3, -0.25) is 14.9 Å². The molecule has 0 fully saturated rings. The van der Waals surface area contributed by atoms with Crippen LogP contribution in [0.4, 0.5) is 11.4 Å². The Balaban J connectivity index is 1.56. The Bertz CT molecular complexity index is 939. The zero-order chi connectivity index (χ0) is 17.8. The highest BCUT2D eigenvalue weighted by molar-refractivity contribution is 9.10. The van der Waals surface area contributed by atoms with Gasteiger partial charge in [-0.05, 0) is 24.3 Å². The highest BCUT2D eigenvalue weighted by atomic mass is 79.9. The number of benzene rings is 2. The number of hydrogen-bond acceptors (Lipinski definition) is 4. The van der Waals surface area contributed by atoms with Gasteiger partial charge in [0.15, 0.2) is 0 Å². The van der Waals surface area contributed by atoms with E-state index in [-0.39, 0.29) is 11.6 Å². The van der Waals surface area contributed by atoms with Gasteiger partial charge in [-0.15, -0.1) is 0 Å². The van der Waals surface area contributed by atoms with Gasteiger partial charge in [0, 0.05) is 34.5 Å². The molecule has 1 heterocycles. The maximum Gasteiger partial charge on any atom is 0.292 e. The lowest BCUT2D eigenvalue weighted by Crippen LogP contribution is -2.29. The largest absolute Gasteiger partial charge is 0.378 e. The van der Waals surface area contributed by atoms with Crippen molar-refractivity contribution in [1.82, 2.24) is 10.3 Å². The van der Waals surface area contributed by atoms with Crippen molar-refractivity contribution in [3.05, 3.63) is 68.8 Å². The Labute approximate surface area is 151 Å². The fourth-order valence-corrected chi connectivity index (χ4v) is 2.83. The summed E-state index contributed by atoms with van der Waals surface area (Å²) in [6, 6.07) is 13.9. The fraction of sp³-hybridized carbons (Fsp3) is 0.118. The van der Waals surface area contributed by atoms with Crippen LogP contribution in [0.3, 0.4) is 0 Å². The minimum Gasteiger partial charge on any atom is -0.378 e. The van der Waals surface area contributed by atoms with Gasteiger partial charge in [0.1, 0.15) is 11.4 Å². The van der Waals surface area contributed by atoms with Gasteiger partial charge >= 0.3 is 0 Å². The molecule has 0 radical (unpaired) electrons. The number of para-hydroxylation sites is 2. The van der Waals surface area contributed by atoms with E-state index in [9.17, 15) is 14.9 Å². The molecule has 7 nitrogen and oxygen atoms in total. The van der Waals surface area contributed by atoms with Crippen molar-refractivity contribution in [3.63, 3.8) is 0 Å². The van der Waals surface area contributed by atoms with E-state index >= 15 is 0 Å². The average Bonchev–Trinajstić information content (AvgIpc) is 3.02. The maximum absolute atomic E-state index is 12.2. The van der Waals surface area contributed by atoms with Crippen LogP contribution >= 0.6 is 15.9 Å². The summed E-state index contributed by atoms with van der Waals surface area (Å²) in [4.78, 5) is 25.8. The first kappa shape index (κ1) is 17.0. The number of hydrogen-bond donors (Lipinski definition) is 3. The summed E-state index contributed by atoms with van der Waals surface area (Å²) < 4.78 is 0.933. The number of H-pyrrole nitrogens is 1. The van der Waals surface area contributed by atoms with Crippen molar-refractivity contribution in [2.45, 2.75) is 0 Å². The van der Waals surface area contributed by atoms with Crippen LogP contribution in [0.15, 0.2) is 53.0 Å². The second-order valence-corrected chi connectivity index (χ2v) is 6.29. The smallest absolute Gasteiger partial charge is 0.292 e. The van der Waals surface area contributed by atoms with Gasteiger partial charge < -0.3 is 15.6 Å². The van der Waals surface area contributed by atoms with E-state index in [0.717, 1.165) is 15.4 Å². The monoisotopic (exact) mass is 402 g/mol. The number of nitrogens with zero attached hydrogens (tertiary/aromatic N) is 1. The molecular formula is C17H15BrN4O3. The van der Waals surface area contributed by atoms with E-state index in [1.165, 1.54) is 6.07 Å². The van der Waals surface area contributed by atoms with Gasteiger partial charge in [-0.25, -0.2) is 0 Å². The van der Waals surface area contributed by atoms with Crippen LogP contribution in [0, 0.1) is 10.1 Å². The summed E-state index contributed by atoms with van der Waals surface area (Å²) in [7, 11) is 0. The Morgan fingerprint density at radius 3 is 2.76 bits per heavy atom. The maximum atomic E-state index is 12.2. The third kappa shape index (κ3) is 3.97. The molecule has 0 atom stereocenters. The molecule has 3 N–H and O–H groups in total. The van der Waals surface area contributed by atoms with E-state index in [4.69, 9.17) is 0 Å². The van der Waals surface area contributed by atoms with E-state index in [2.05, 4.69) is 31.5 Å². The second-order valence-electron chi connectivity index (χ2n) is 5.37. The molecule has 3 aromatic rings. The van der Waals surface area contributed by atoms with Crippen LogP contribution in [0.5, 0.6) is 0 Å². The third-order valence-corrected chi connectivity index (χ3v) is 4.15. The third-order valence-electron chi connectivity index (χ3n) is 3.66. The van der Waals surface area contributed by atoms with Crippen molar-refractivity contribution < 1.29 is 9.72 Å². The summed E-state index contributed by atoms with van der Waals surface area (Å²) >= 11 is 3.39. The topological polar surface area (TPSA) is 100 Å². The number of carbonyl (C=O) groups excluding carboxylic acids is 1. The molecule has 0 spiro atoms. The van der Waals surface area contributed by atoms with Crippen LogP contribution in [-0.4, -0.2) is 28.9 Å². The number of aromatic amines is 1. The van der Waals surface area contributed by atoms with Crippen LogP contribution in [0.1, 0.15) is 10.5 Å². The van der Waals surface area contributed by atoms with Gasteiger partial charge in [-0.2, -0.15) is 0 Å². The summed E-state index contributed by atoms with van der Waals surface area (Å²) in [6.45, 7) is 0.715. The molecule has 2 aromatic carbocycles. The summed E-state index contributed by atoms with van der Waals surface area (Å²) in [5.74, 6) is -0.225. The highest BCUT2D eigenvalue weighted by Gasteiger charge is 2.12. The van der Waals surface area contributed by atoms with Crippen molar-refractivity contribution >= 4 is 44.1 Å². The molecule has 0 saturated heterocycles. The zero-order valence-electron chi connectivity index (χ0n) is 13.1. The number of halogens is 1. The first-order valence-electron chi connectivity index (χ1n) is 7.58. The van der Waals surface area contributed by atoms with Crippen molar-refractivity contribution in [1.29, 1.82) is 0 Å². The molecule has 0 unspecified atom stereocenters.